The van der Waals surface area contributed by atoms with E-state index in [0.717, 1.165) is 12.8 Å². The molecule has 0 amide bonds. The third-order valence-electron chi connectivity index (χ3n) is 5.91. The molecule has 1 aliphatic carbocycles. The van der Waals surface area contributed by atoms with Crippen LogP contribution in [0.5, 0.6) is 17.2 Å². The molecule has 8 nitrogen and oxygen atoms in total. The summed E-state index contributed by atoms with van der Waals surface area (Å²) < 4.78 is 22.7. The summed E-state index contributed by atoms with van der Waals surface area (Å²) in [6.45, 7) is 0.381. The average molecular weight is 435 g/mol. The molecule has 1 aliphatic heterocycles. The minimum atomic E-state index is -1.03. The zero-order valence-corrected chi connectivity index (χ0v) is 17.6. The lowest BCUT2D eigenvalue weighted by Crippen LogP contribution is -2.33. The standard InChI is InChI=1S/C21H25NO7S/c1-26-16-5-3-11(7-19(16)27-2)28-9-13-12-4-6-17(29-18(12)8-15(13)23)20-22-14(10-30-20)21(24)25/h3,5,7,10,12-13,15,17-18,23H,4,6,8-9H2,1-2H3,(H,24,25)/t12-,13-,15-,17-,18+/m1/s1. The average Bonchev–Trinajstić information content (AvgIpc) is 3.36. The summed E-state index contributed by atoms with van der Waals surface area (Å²) in [5.74, 6) is 1.00. The van der Waals surface area contributed by atoms with E-state index in [1.165, 1.54) is 16.7 Å². The van der Waals surface area contributed by atoms with Gasteiger partial charge in [0.05, 0.1) is 33.0 Å². The van der Waals surface area contributed by atoms with Gasteiger partial charge in [0.15, 0.2) is 17.2 Å². The van der Waals surface area contributed by atoms with Crippen LogP contribution in [0.4, 0.5) is 0 Å². The molecule has 162 valence electrons. The van der Waals surface area contributed by atoms with Crippen molar-refractivity contribution in [3.8, 4) is 17.2 Å². The first-order valence-electron chi connectivity index (χ1n) is 9.87. The summed E-state index contributed by atoms with van der Waals surface area (Å²) in [4.78, 5) is 15.2. The lowest BCUT2D eigenvalue weighted by Gasteiger charge is -2.33. The first kappa shape index (κ1) is 20.9. The molecule has 0 radical (unpaired) electrons. The predicted octanol–water partition coefficient (Wildman–Crippen LogP) is 3.15. The Bertz CT molecular complexity index is 901. The Morgan fingerprint density at radius 2 is 2.07 bits per heavy atom. The number of aliphatic hydroxyl groups is 1. The molecule has 0 unspecified atom stereocenters. The number of fused-ring (bicyclic) bond motifs is 1. The predicted molar refractivity (Wildman–Crippen MR) is 109 cm³/mol. The number of hydrogen-bond donors (Lipinski definition) is 2. The van der Waals surface area contributed by atoms with E-state index in [1.54, 1.807) is 26.4 Å². The number of ether oxygens (including phenoxy) is 4. The van der Waals surface area contributed by atoms with Crippen molar-refractivity contribution in [3.05, 3.63) is 34.3 Å². The topological polar surface area (TPSA) is 107 Å². The van der Waals surface area contributed by atoms with Crippen LogP contribution in [-0.4, -0.2) is 54.2 Å². The largest absolute Gasteiger partial charge is 0.493 e. The smallest absolute Gasteiger partial charge is 0.355 e. The number of benzene rings is 1. The van der Waals surface area contributed by atoms with Gasteiger partial charge < -0.3 is 29.2 Å². The summed E-state index contributed by atoms with van der Waals surface area (Å²) in [6.07, 6.45) is 1.33. The molecule has 2 N–H and O–H groups in total. The molecule has 1 aromatic heterocycles. The molecular formula is C21H25NO7S. The Kier molecular flexibility index (Phi) is 6.12. The molecule has 2 fully saturated rings. The minimum absolute atomic E-state index is 0.0325. The first-order chi connectivity index (χ1) is 14.5. The molecule has 2 heterocycles. The second kappa shape index (κ2) is 8.79. The van der Waals surface area contributed by atoms with Crippen LogP contribution < -0.4 is 14.2 Å². The van der Waals surface area contributed by atoms with Gasteiger partial charge in [-0.25, -0.2) is 9.78 Å². The van der Waals surface area contributed by atoms with Crippen LogP contribution in [0.1, 0.15) is 40.9 Å². The van der Waals surface area contributed by atoms with Crippen LogP contribution in [0.25, 0.3) is 0 Å². The Balaban J connectivity index is 1.38. The summed E-state index contributed by atoms with van der Waals surface area (Å²) in [5, 5.41) is 21.9. The highest BCUT2D eigenvalue weighted by Crippen LogP contribution is 2.46. The Hall–Kier alpha value is -2.36. The van der Waals surface area contributed by atoms with Crippen molar-refractivity contribution < 1.29 is 34.0 Å². The number of hydrogen-bond acceptors (Lipinski definition) is 8. The number of carboxylic acids is 1. The molecule has 9 heteroatoms. The van der Waals surface area contributed by atoms with Crippen molar-refractivity contribution in [2.75, 3.05) is 20.8 Å². The number of rotatable bonds is 7. The zero-order chi connectivity index (χ0) is 21.3. The van der Waals surface area contributed by atoms with E-state index in [2.05, 4.69) is 4.98 Å². The molecule has 4 rings (SSSR count). The summed E-state index contributed by atoms with van der Waals surface area (Å²) in [7, 11) is 3.16. The molecule has 1 saturated carbocycles. The molecule has 5 atom stereocenters. The normalized spacial score (nSPS) is 28.0. The van der Waals surface area contributed by atoms with Crippen molar-refractivity contribution in [3.63, 3.8) is 0 Å². The summed E-state index contributed by atoms with van der Waals surface area (Å²) in [6, 6.07) is 5.37. The molecular weight excluding hydrogens is 410 g/mol. The number of carboxylic acid groups (broad SMARTS) is 1. The minimum Gasteiger partial charge on any atom is -0.493 e. The van der Waals surface area contributed by atoms with Crippen molar-refractivity contribution in [2.24, 2.45) is 11.8 Å². The van der Waals surface area contributed by atoms with Crippen molar-refractivity contribution in [2.45, 2.75) is 37.6 Å². The molecule has 1 aromatic carbocycles. The Labute approximate surface area is 178 Å². The third kappa shape index (κ3) is 4.10. The van der Waals surface area contributed by atoms with Gasteiger partial charge in [-0.2, -0.15) is 0 Å². The van der Waals surface area contributed by atoms with Crippen LogP contribution in [-0.2, 0) is 4.74 Å². The lowest BCUT2D eigenvalue weighted by atomic mass is 9.87. The fraction of sp³-hybridized carbons (Fsp3) is 0.524. The maximum Gasteiger partial charge on any atom is 0.355 e. The summed E-state index contributed by atoms with van der Waals surface area (Å²) >= 11 is 1.31. The number of thiazole rings is 1. The second-order valence-corrected chi connectivity index (χ2v) is 8.46. The van der Waals surface area contributed by atoms with E-state index in [9.17, 15) is 9.90 Å². The van der Waals surface area contributed by atoms with Crippen molar-refractivity contribution >= 4 is 17.3 Å². The highest BCUT2D eigenvalue weighted by molar-refractivity contribution is 7.09. The second-order valence-electron chi connectivity index (χ2n) is 7.58. The van der Waals surface area contributed by atoms with Gasteiger partial charge in [-0.15, -0.1) is 11.3 Å². The van der Waals surface area contributed by atoms with E-state index in [4.69, 9.17) is 24.1 Å². The number of methoxy groups -OCH3 is 2. The molecule has 1 saturated heterocycles. The third-order valence-corrected chi connectivity index (χ3v) is 6.85. The molecule has 2 aliphatic rings. The molecule has 2 aromatic rings. The van der Waals surface area contributed by atoms with E-state index in [-0.39, 0.29) is 29.7 Å². The van der Waals surface area contributed by atoms with Gasteiger partial charge in [-0.3, -0.25) is 0 Å². The van der Waals surface area contributed by atoms with Gasteiger partial charge in [-0.05, 0) is 30.9 Å². The van der Waals surface area contributed by atoms with Gasteiger partial charge >= 0.3 is 5.97 Å². The highest BCUT2D eigenvalue weighted by atomic mass is 32.1. The molecule has 30 heavy (non-hydrogen) atoms. The summed E-state index contributed by atoms with van der Waals surface area (Å²) in [5.41, 5.74) is 0.0494. The van der Waals surface area contributed by atoms with E-state index < -0.39 is 12.1 Å². The van der Waals surface area contributed by atoms with Gasteiger partial charge in [-0.1, -0.05) is 0 Å². The van der Waals surface area contributed by atoms with Gasteiger partial charge in [0, 0.05) is 23.8 Å². The van der Waals surface area contributed by atoms with E-state index >= 15 is 0 Å². The maximum absolute atomic E-state index is 11.1. The molecule has 0 bridgehead atoms. The monoisotopic (exact) mass is 435 g/mol. The van der Waals surface area contributed by atoms with E-state index in [0.29, 0.717) is 35.3 Å². The fourth-order valence-corrected chi connectivity index (χ4v) is 5.24. The SMILES string of the molecule is COc1ccc(OC[C@@H]2[C@H]3CC[C@H](c4nc(C(=O)O)cs4)O[C@H]3C[C@H]2O)cc1OC. The molecule has 0 spiro atoms. The number of aromatic nitrogens is 1. The Morgan fingerprint density at radius 1 is 1.27 bits per heavy atom. The number of aromatic carboxylic acids is 1. The van der Waals surface area contributed by atoms with Crippen LogP contribution in [0.15, 0.2) is 23.6 Å². The quantitative estimate of drug-likeness (QED) is 0.683. The van der Waals surface area contributed by atoms with Crippen molar-refractivity contribution in [1.82, 2.24) is 4.98 Å². The highest BCUT2D eigenvalue weighted by Gasteiger charge is 2.47. The maximum atomic E-state index is 11.1. The van der Waals surface area contributed by atoms with Gasteiger partial charge in [0.1, 0.15) is 16.9 Å². The van der Waals surface area contributed by atoms with Crippen LogP contribution in [0.3, 0.4) is 0 Å². The lowest BCUT2D eigenvalue weighted by molar-refractivity contribution is -0.0811. The number of aliphatic hydroxyl groups excluding tert-OH is 1. The first-order valence-corrected chi connectivity index (χ1v) is 10.7. The van der Waals surface area contributed by atoms with Crippen LogP contribution in [0.2, 0.25) is 0 Å². The van der Waals surface area contributed by atoms with Gasteiger partial charge in [0.25, 0.3) is 0 Å². The number of carbonyl (C=O) groups is 1. The zero-order valence-electron chi connectivity index (χ0n) is 16.8. The van der Waals surface area contributed by atoms with E-state index in [1.807, 2.05) is 6.07 Å². The van der Waals surface area contributed by atoms with Crippen LogP contribution >= 0.6 is 11.3 Å². The van der Waals surface area contributed by atoms with Crippen molar-refractivity contribution in [1.29, 1.82) is 0 Å². The van der Waals surface area contributed by atoms with Crippen LogP contribution in [0, 0.1) is 11.8 Å². The Morgan fingerprint density at radius 3 is 2.77 bits per heavy atom. The fourth-order valence-electron chi connectivity index (χ4n) is 4.38. The number of nitrogens with zero attached hydrogens (tertiary/aromatic N) is 1. The van der Waals surface area contributed by atoms with Gasteiger partial charge in [0.2, 0.25) is 0 Å².